The van der Waals surface area contributed by atoms with Crippen molar-refractivity contribution >= 4 is 17.6 Å². The van der Waals surface area contributed by atoms with Crippen LogP contribution in [0.15, 0.2) is 55.1 Å². The van der Waals surface area contributed by atoms with Gasteiger partial charge in [0, 0.05) is 55.6 Å². The molecule has 0 aliphatic carbocycles. The summed E-state index contributed by atoms with van der Waals surface area (Å²) >= 11 is 0. The lowest BCUT2D eigenvalue weighted by Crippen LogP contribution is -2.48. The van der Waals surface area contributed by atoms with Crippen LogP contribution in [0.3, 0.4) is 0 Å². The molecular weight excluding hydrogens is 547 g/mol. The topological polar surface area (TPSA) is 87.9 Å². The molecule has 3 heterocycles. The molecule has 2 aliphatic heterocycles. The molecule has 1 fully saturated rings. The Hall–Kier alpha value is -3.72. The van der Waals surface area contributed by atoms with Crippen LogP contribution in [-0.4, -0.2) is 63.2 Å². The lowest BCUT2D eigenvalue weighted by Gasteiger charge is -2.35. The molecule has 0 bridgehead atoms. The van der Waals surface area contributed by atoms with E-state index < -0.39 is 11.9 Å². The summed E-state index contributed by atoms with van der Waals surface area (Å²) in [6.07, 6.45) is 10.2. The lowest BCUT2D eigenvalue weighted by atomic mass is 9.83. The molecule has 3 atom stereocenters. The molecule has 1 unspecified atom stereocenters. The molecule has 43 heavy (non-hydrogen) atoms. The average Bonchev–Trinajstić information content (AvgIpc) is 3.74. The van der Waals surface area contributed by atoms with Crippen molar-refractivity contribution in [2.24, 2.45) is 5.92 Å². The fourth-order valence-electron chi connectivity index (χ4n) is 6.98. The number of carboxylic acid groups (broad SMARTS) is 1. The number of benzene rings is 2. The number of fused-ring (bicyclic) bond motifs is 1. The van der Waals surface area contributed by atoms with Crippen LogP contribution in [-0.2, 0) is 22.6 Å². The molecule has 1 N–H and O–H groups in total. The number of carbonyl (C=O) groups excluding carboxylic acids is 1. The van der Waals surface area contributed by atoms with Gasteiger partial charge in [-0.1, -0.05) is 38.8 Å². The van der Waals surface area contributed by atoms with Crippen LogP contribution in [0.2, 0.25) is 0 Å². The Morgan fingerprint density at radius 1 is 1.16 bits per heavy atom. The Balaban J connectivity index is 1.48. The third-order valence-electron chi connectivity index (χ3n) is 9.05. The van der Waals surface area contributed by atoms with Crippen molar-refractivity contribution in [1.29, 1.82) is 0 Å². The molecule has 2 aliphatic rings. The largest absolute Gasteiger partial charge is 0.493 e. The average molecular weight is 591 g/mol. The van der Waals surface area contributed by atoms with Crippen molar-refractivity contribution in [3.8, 4) is 5.75 Å². The number of rotatable bonds is 13. The Morgan fingerprint density at radius 3 is 2.63 bits per heavy atom. The first-order valence-corrected chi connectivity index (χ1v) is 15.6. The second kappa shape index (κ2) is 13.7. The lowest BCUT2D eigenvalue weighted by molar-refractivity contribution is -0.143. The van der Waals surface area contributed by atoms with E-state index in [1.54, 1.807) is 31.6 Å². The molecule has 230 valence electrons. The minimum atomic E-state index is -0.854. The summed E-state index contributed by atoms with van der Waals surface area (Å²) in [6.45, 7) is 7.71. The highest BCUT2D eigenvalue weighted by Crippen LogP contribution is 2.41. The minimum absolute atomic E-state index is 0.0258. The zero-order valence-electron chi connectivity index (χ0n) is 25.4. The molecule has 0 spiro atoms. The molecule has 8 nitrogen and oxygen atoms in total. The first-order chi connectivity index (χ1) is 20.8. The Labute approximate surface area is 253 Å². The number of hydrogen-bond donors (Lipinski definition) is 1. The number of halogens is 1. The van der Waals surface area contributed by atoms with Crippen molar-refractivity contribution in [2.45, 2.75) is 83.8 Å². The second-order valence-electron chi connectivity index (χ2n) is 12.0. The number of hydrogen-bond acceptors (Lipinski definition) is 5. The number of aryl methyl sites for hydroxylation is 2. The molecule has 3 aromatic rings. The van der Waals surface area contributed by atoms with Gasteiger partial charge in [0.2, 0.25) is 5.91 Å². The predicted molar refractivity (Wildman–Crippen MR) is 164 cm³/mol. The van der Waals surface area contributed by atoms with Gasteiger partial charge in [-0.3, -0.25) is 14.5 Å². The van der Waals surface area contributed by atoms with E-state index in [-0.39, 0.29) is 36.3 Å². The SMILES string of the molecule is CCCC(CCC)N(C(=O)CN1C[C@H](c2ccc3c(c2)CCO3)C(C(=O)O)[C@@H]1CCn1ccnc1)c1ccc(F)c(C)c1. The number of carbonyl (C=O) groups is 2. The zero-order valence-corrected chi connectivity index (χ0v) is 25.4. The highest BCUT2D eigenvalue weighted by atomic mass is 19.1. The molecule has 0 radical (unpaired) electrons. The Bertz CT molecular complexity index is 1410. The summed E-state index contributed by atoms with van der Waals surface area (Å²) in [7, 11) is 0. The van der Waals surface area contributed by atoms with Gasteiger partial charge in [-0.25, -0.2) is 9.37 Å². The summed E-state index contributed by atoms with van der Waals surface area (Å²) in [6, 6.07) is 10.5. The fraction of sp³-hybridized carbons (Fsp3) is 0.500. The van der Waals surface area contributed by atoms with Gasteiger partial charge < -0.3 is 19.3 Å². The maximum Gasteiger partial charge on any atom is 0.308 e. The highest BCUT2D eigenvalue weighted by Gasteiger charge is 2.47. The van der Waals surface area contributed by atoms with E-state index in [9.17, 15) is 19.1 Å². The maximum atomic E-state index is 14.3. The summed E-state index contributed by atoms with van der Waals surface area (Å²) in [5, 5.41) is 10.6. The Kier molecular flexibility index (Phi) is 9.80. The predicted octanol–water partition coefficient (Wildman–Crippen LogP) is 5.83. The summed E-state index contributed by atoms with van der Waals surface area (Å²) < 4.78 is 21.9. The first kappa shape index (κ1) is 30.7. The van der Waals surface area contributed by atoms with Crippen molar-refractivity contribution in [2.75, 3.05) is 24.6 Å². The second-order valence-corrected chi connectivity index (χ2v) is 12.0. The van der Waals surface area contributed by atoms with Gasteiger partial charge in [0.05, 0.1) is 25.4 Å². The van der Waals surface area contributed by atoms with Gasteiger partial charge >= 0.3 is 5.97 Å². The van der Waals surface area contributed by atoms with Crippen LogP contribution in [0.25, 0.3) is 0 Å². The van der Waals surface area contributed by atoms with E-state index >= 15 is 0 Å². The van der Waals surface area contributed by atoms with Crippen LogP contribution in [0, 0.1) is 18.7 Å². The minimum Gasteiger partial charge on any atom is -0.493 e. The monoisotopic (exact) mass is 590 g/mol. The van der Waals surface area contributed by atoms with Crippen LogP contribution in [0.1, 0.15) is 68.6 Å². The smallest absolute Gasteiger partial charge is 0.308 e. The van der Waals surface area contributed by atoms with Gasteiger partial charge in [-0.15, -0.1) is 0 Å². The van der Waals surface area contributed by atoms with Crippen LogP contribution >= 0.6 is 0 Å². The van der Waals surface area contributed by atoms with E-state index in [0.29, 0.717) is 37.4 Å². The van der Waals surface area contributed by atoms with Crippen molar-refractivity contribution in [1.82, 2.24) is 14.5 Å². The number of imidazole rings is 1. The van der Waals surface area contributed by atoms with Crippen LogP contribution in [0.4, 0.5) is 10.1 Å². The number of ether oxygens (including phenoxy) is 1. The number of carboxylic acids is 1. The van der Waals surface area contributed by atoms with Gasteiger partial charge in [-0.2, -0.15) is 0 Å². The highest BCUT2D eigenvalue weighted by molar-refractivity contribution is 5.95. The normalized spacial score (nSPS) is 19.9. The molecule has 0 saturated carbocycles. The van der Waals surface area contributed by atoms with E-state index in [2.05, 4.69) is 29.8 Å². The van der Waals surface area contributed by atoms with E-state index in [4.69, 9.17) is 4.74 Å². The number of aromatic nitrogens is 2. The zero-order chi connectivity index (χ0) is 30.5. The number of aliphatic carboxylic acids is 1. The molecule has 1 saturated heterocycles. The van der Waals surface area contributed by atoms with E-state index in [1.165, 1.54) is 6.07 Å². The van der Waals surface area contributed by atoms with Crippen LogP contribution < -0.4 is 9.64 Å². The van der Waals surface area contributed by atoms with Crippen molar-refractivity contribution in [3.05, 3.63) is 77.6 Å². The maximum absolute atomic E-state index is 14.3. The van der Waals surface area contributed by atoms with Crippen molar-refractivity contribution in [3.63, 3.8) is 0 Å². The van der Waals surface area contributed by atoms with E-state index in [0.717, 1.165) is 49.0 Å². The van der Waals surface area contributed by atoms with Gasteiger partial charge in [0.1, 0.15) is 11.6 Å². The van der Waals surface area contributed by atoms with E-state index in [1.807, 2.05) is 27.8 Å². The number of nitrogens with zero attached hydrogens (tertiary/aromatic N) is 4. The molecule has 2 aromatic carbocycles. The quantitative estimate of drug-likeness (QED) is 0.270. The molecular formula is C34H43FN4O4. The molecule has 1 aromatic heterocycles. The number of likely N-dealkylation sites (tertiary alicyclic amines) is 1. The third-order valence-corrected chi connectivity index (χ3v) is 9.05. The van der Waals surface area contributed by atoms with Gasteiger partial charge in [0.15, 0.2) is 0 Å². The fourth-order valence-corrected chi connectivity index (χ4v) is 6.98. The summed E-state index contributed by atoms with van der Waals surface area (Å²) in [4.78, 5) is 35.3. The Morgan fingerprint density at radius 2 is 1.95 bits per heavy atom. The number of amides is 1. The van der Waals surface area contributed by atoms with Crippen molar-refractivity contribution < 1.29 is 23.8 Å². The first-order valence-electron chi connectivity index (χ1n) is 15.6. The third kappa shape index (κ3) is 6.77. The van der Waals surface area contributed by atoms with Gasteiger partial charge in [0.25, 0.3) is 0 Å². The summed E-state index contributed by atoms with van der Waals surface area (Å²) in [5.41, 5.74) is 3.26. The number of anilines is 1. The van der Waals surface area contributed by atoms with Crippen LogP contribution in [0.5, 0.6) is 5.75 Å². The summed E-state index contributed by atoms with van der Waals surface area (Å²) in [5.74, 6) is -1.33. The molecule has 9 heteroatoms. The molecule has 1 amide bonds. The van der Waals surface area contributed by atoms with Gasteiger partial charge in [-0.05, 0) is 67.1 Å². The standard InChI is InChI=1S/C34H43FN4O4/c1-4-6-26(7-5-2)39(27-9-10-29(35)23(3)18-27)32(40)21-38-20-28(24-8-11-31-25(19-24)13-17-43-31)33(34(41)42)30(38)12-15-37-16-14-36-22-37/h8-11,14,16,18-19,22,26,28,30,33H,4-7,12-13,15,17,20-21H2,1-3H3,(H,41,42)/t28-,30+,33?/m1/s1. The molecule has 5 rings (SSSR count).